The second-order valence-corrected chi connectivity index (χ2v) is 4.99. The first kappa shape index (κ1) is 10.9. The van der Waals surface area contributed by atoms with Gasteiger partial charge in [0.2, 0.25) is 5.70 Å². The smallest absolute Gasteiger partial charge is 0.247 e. The number of hydrogen-bond donors (Lipinski definition) is 0. The van der Waals surface area contributed by atoms with Gasteiger partial charge in [0.25, 0.3) is 0 Å². The number of nitro groups is 1. The summed E-state index contributed by atoms with van der Waals surface area (Å²) in [5, 5.41) is 10.8. The van der Waals surface area contributed by atoms with Crippen LogP contribution in [0.25, 0.3) is 0 Å². The van der Waals surface area contributed by atoms with Crippen LogP contribution in [-0.4, -0.2) is 16.9 Å². The third kappa shape index (κ3) is 1.29. The molecule has 0 radical (unpaired) electrons. The molecule has 1 fully saturated rings. The highest BCUT2D eigenvalue weighted by Crippen LogP contribution is 2.52. The van der Waals surface area contributed by atoms with Gasteiger partial charge < -0.3 is 4.90 Å². The van der Waals surface area contributed by atoms with Crippen LogP contribution in [0.5, 0.6) is 0 Å². The van der Waals surface area contributed by atoms with Crippen molar-refractivity contribution in [1.29, 1.82) is 0 Å². The van der Waals surface area contributed by atoms with E-state index in [2.05, 4.69) is 25.3 Å². The molecular formula is C12H16N2O2. The number of allylic oxidation sites excluding steroid dienone is 5. The lowest BCUT2D eigenvalue weighted by Crippen LogP contribution is -2.23. The summed E-state index contributed by atoms with van der Waals surface area (Å²) >= 11 is 0. The van der Waals surface area contributed by atoms with Crippen LogP contribution < -0.4 is 0 Å². The molecule has 1 saturated heterocycles. The van der Waals surface area contributed by atoms with Crippen LogP contribution in [0.1, 0.15) is 20.3 Å². The normalized spacial score (nSPS) is 27.3. The monoisotopic (exact) mass is 220 g/mol. The Morgan fingerprint density at radius 2 is 2.19 bits per heavy atom. The van der Waals surface area contributed by atoms with E-state index in [1.165, 1.54) is 0 Å². The minimum Gasteiger partial charge on any atom is -0.351 e. The Morgan fingerprint density at radius 3 is 2.75 bits per heavy atom. The van der Waals surface area contributed by atoms with Crippen LogP contribution in [0.4, 0.5) is 0 Å². The van der Waals surface area contributed by atoms with Gasteiger partial charge in [-0.25, -0.2) is 0 Å². The van der Waals surface area contributed by atoms with E-state index in [0.29, 0.717) is 12.1 Å². The number of hydrogen-bond acceptors (Lipinski definition) is 3. The van der Waals surface area contributed by atoms with Crippen LogP contribution in [0.15, 0.2) is 35.8 Å². The maximum absolute atomic E-state index is 10.8. The average molecular weight is 220 g/mol. The molecule has 16 heavy (non-hydrogen) atoms. The second kappa shape index (κ2) is 3.20. The fraction of sp³-hybridized carbons (Fsp3) is 0.500. The number of fused-ring (bicyclic) bond motifs is 1. The van der Waals surface area contributed by atoms with E-state index in [-0.39, 0.29) is 16.3 Å². The lowest BCUT2D eigenvalue weighted by molar-refractivity contribution is -0.429. The Morgan fingerprint density at radius 1 is 1.56 bits per heavy atom. The molecule has 1 aliphatic carbocycles. The van der Waals surface area contributed by atoms with Crippen molar-refractivity contribution < 1.29 is 4.92 Å². The Balaban J connectivity index is 2.42. The average Bonchev–Trinajstić information content (AvgIpc) is 2.40. The molecule has 86 valence electrons. The van der Waals surface area contributed by atoms with E-state index < -0.39 is 0 Å². The highest BCUT2D eigenvalue weighted by atomic mass is 16.6. The van der Waals surface area contributed by atoms with Gasteiger partial charge in [0.1, 0.15) is 0 Å². The van der Waals surface area contributed by atoms with Gasteiger partial charge in [-0.3, -0.25) is 10.1 Å². The predicted molar refractivity (Wildman–Crippen MR) is 62.0 cm³/mol. The van der Waals surface area contributed by atoms with Gasteiger partial charge in [-0.1, -0.05) is 20.4 Å². The summed E-state index contributed by atoms with van der Waals surface area (Å²) in [6.07, 6.45) is 3.96. The molecular weight excluding hydrogens is 204 g/mol. The van der Waals surface area contributed by atoms with E-state index in [4.69, 9.17) is 0 Å². The van der Waals surface area contributed by atoms with Crippen molar-refractivity contribution in [2.24, 2.45) is 11.3 Å². The Bertz CT molecular complexity index is 432. The molecule has 1 aliphatic heterocycles. The summed E-state index contributed by atoms with van der Waals surface area (Å²) in [4.78, 5) is 12.6. The molecule has 2 aliphatic rings. The molecule has 1 unspecified atom stereocenters. The van der Waals surface area contributed by atoms with Gasteiger partial charge in [0.05, 0.1) is 4.92 Å². The third-order valence-electron chi connectivity index (χ3n) is 3.86. The Labute approximate surface area is 95.1 Å². The van der Waals surface area contributed by atoms with Crippen molar-refractivity contribution in [3.8, 4) is 0 Å². The third-order valence-corrected chi connectivity index (χ3v) is 3.86. The second-order valence-electron chi connectivity index (χ2n) is 4.99. The van der Waals surface area contributed by atoms with Crippen LogP contribution >= 0.6 is 0 Å². The Hall–Kier alpha value is -1.58. The van der Waals surface area contributed by atoms with E-state index in [0.717, 1.165) is 11.4 Å². The summed E-state index contributed by atoms with van der Waals surface area (Å²) in [5.41, 5.74) is 2.36. The van der Waals surface area contributed by atoms with Crippen molar-refractivity contribution in [2.45, 2.75) is 20.3 Å². The standard InChI is InChI=1S/C12H16N2O2/c1-8-12(2,3)10-7-9(14(15)16)5-6-11(10)13(8)4/h5-6,10H,1,7H2,2-4H3. The van der Waals surface area contributed by atoms with E-state index in [1.54, 1.807) is 6.08 Å². The van der Waals surface area contributed by atoms with Crippen LogP contribution in [0, 0.1) is 21.4 Å². The maximum Gasteiger partial charge on any atom is 0.247 e. The summed E-state index contributed by atoms with van der Waals surface area (Å²) in [6.45, 7) is 8.27. The lowest BCUT2D eigenvalue weighted by atomic mass is 9.75. The molecule has 4 nitrogen and oxygen atoms in total. The van der Waals surface area contributed by atoms with E-state index in [1.807, 2.05) is 13.1 Å². The van der Waals surface area contributed by atoms with Crippen molar-refractivity contribution in [1.82, 2.24) is 4.90 Å². The number of likely N-dealkylation sites (tertiary alicyclic amines) is 1. The molecule has 1 atom stereocenters. The van der Waals surface area contributed by atoms with Gasteiger partial charge in [0.15, 0.2) is 0 Å². The molecule has 0 N–H and O–H groups in total. The molecule has 0 aromatic heterocycles. The molecule has 0 amide bonds. The fourth-order valence-corrected chi connectivity index (χ4v) is 2.57. The topological polar surface area (TPSA) is 46.4 Å². The maximum atomic E-state index is 10.8. The first-order chi connectivity index (χ1) is 7.35. The molecule has 0 spiro atoms. The molecule has 1 heterocycles. The number of rotatable bonds is 1. The van der Waals surface area contributed by atoms with Crippen molar-refractivity contribution in [2.75, 3.05) is 7.05 Å². The van der Waals surface area contributed by atoms with Crippen LogP contribution in [0.2, 0.25) is 0 Å². The minimum atomic E-state index is -0.287. The van der Waals surface area contributed by atoms with Gasteiger partial charge >= 0.3 is 0 Å². The molecule has 0 aromatic rings. The van der Waals surface area contributed by atoms with Gasteiger partial charge in [-0.15, -0.1) is 0 Å². The van der Waals surface area contributed by atoms with E-state index in [9.17, 15) is 10.1 Å². The van der Waals surface area contributed by atoms with Crippen molar-refractivity contribution in [3.63, 3.8) is 0 Å². The molecule has 0 saturated carbocycles. The van der Waals surface area contributed by atoms with Crippen LogP contribution in [0.3, 0.4) is 0 Å². The number of nitrogens with zero attached hydrogens (tertiary/aromatic N) is 2. The summed E-state index contributed by atoms with van der Waals surface area (Å²) in [6, 6.07) is 0. The summed E-state index contributed by atoms with van der Waals surface area (Å²) in [7, 11) is 1.97. The summed E-state index contributed by atoms with van der Waals surface area (Å²) in [5.74, 6) is 0.176. The van der Waals surface area contributed by atoms with Crippen LogP contribution in [-0.2, 0) is 0 Å². The zero-order chi connectivity index (χ0) is 12.1. The highest BCUT2D eigenvalue weighted by molar-refractivity contribution is 5.36. The van der Waals surface area contributed by atoms with Crippen molar-refractivity contribution in [3.05, 3.63) is 45.9 Å². The first-order valence-corrected chi connectivity index (χ1v) is 5.34. The Kier molecular flexibility index (Phi) is 2.19. The largest absolute Gasteiger partial charge is 0.351 e. The van der Waals surface area contributed by atoms with Gasteiger partial charge in [-0.05, 0) is 6.08 Å². The SMILES string of the molecule is C=C1N(C)C2=CC=C([N+](=O)[O-])CC2C1(C)C. The zero-order valence-corrected chi connectivity index (χ0v) is 9.86. The lowest BCUT2D eigenvalue weighted by Gasteiger charge is -2.26. The van der Waals surface area contributed by atoms with Crippen molar-refractivity contribution >= 4 is 0 Å². The molecule has 4 heteroatoms. The molecule has 0 bridgehead atoms. The first-order valence-electron chi connectivity index (χ1n) is 5.34. The minimum absolute atomic E-state index is 0.101. The fourth-order valence-electron chi connectivity index (χ4n) is 2.57. The summed E-state index contributed by atoms with van der Waals surface area (Å²) < 4.78 is 0. The zero-order valence-electron chi connectivity index (χ0n) is 9.86. The molecule has 0 aromatic carbocycles. The highest BCUT2D eigenvalue weighted by Gasteiger charge is 2.47. The van der Waals surface area contributed by atoms with E-state index >= 15 is 0 Å². The van der Waals surface area contributed by atoms with Gasteiger partial charge in [-0.2, -0.15) is 0 Å². The quantitative estimate of drug-likeness (QED) is 0.504. The predicted octanol–water partition coefficient (Wildman–Crippen LogP) is 2.54. The van der Waals surface area contributed by atoms with Gasteiger partial charge in [0, 0.05) is 42.3 Å². The molecule has 2 rings (SSSR count).